The molecule has 2 aliphatic carbocycles. The Morgan fingerprint density at radius 1 is 1.06 bits per heavy atom. The van der Waals surface area contributed by atoms with E-state index >= 15 is 0 Å². The van der Waals surface area contributed by atoms with Gasteiger partial charge in [0, 0.05) is 47.4 Å². The minimum atomic E-state index is 0.0590. The summed E-state index contributed by atoms with van der Waals surface area (Å²) >= 11 is 0. The van der Waals surface area contributed by atoms with Gasteiger partial charge in [0.05, 0.1) is 5.52 Å². The third-order valence-electron chi connectivity index (χ3n) is 7.33. The highest BCUT2D eigenvalue weighted by molar-refractivity contribution is 6.02. The van der Waals surface area contributed by atoms with Crippen molar-refractivity contribution in [2.45, 2.75) is 64.3 Å². The first-order chi connectivity index (χ1) is 16.2. The number of carbonyl (C=O) groups excluding carboxylic acids is 1. The number of anilines is 1. The van der Waals surface area contributed by atoms with E-state index in [1.165, 1.54) is 53.6 Å². The number of nitrogens with zero attached hydrogens (tertiary/aromatic N) is 1. The standard InChI is InChI=1S/C29H35N3O/c1-2-3-11-22(19-30-18-21-17-20-10-4-5-12-23(20)29(21)33)31-28-24-13-6-8-15-26(24)32-27-16-9-7-14-25(27)28/h4-6,8,10,12-13,15,21-22,30H,2-3,7,9,11,14,16-19H2,1H3,(H,31,32). The monoisotopic (exact) mass is 441 g/mol. The Bertz CT molecular complexity index is 1140. The molecule has 2 atom stereocenters. The second-order valence-electron chi connectivity index (χ2n) is 9.70. The summed E-state index contributed by atoms with van der Waals surface area (Å²) in [7, 11) is 0. The Balaban J connectivity index is 1.31. The maximum absolute atomic E-state index is 12.8. The topological polar surface area (TPSA) is 54.0 Å². The summed E-state index contributed by atoms with van der Waals surface area (Å²) < 4.78 is 0. The van der Waals surface area contributed by atoms with E-state index < -0.39 is 0 Å². The summed E-state index contributed by atoms with van der Waals surface area (Å²) in [5.74, 6) is 0.356. The van der Waals surface area contributed by atoms with Gasteiger partial charge in [0.25, 0.3) is 0 Å². The predicted octanol–water partition coefficient (Wildman–Crippen LogP) is 5.73. The molecule has 0 aliphatic heterocycles. The largest absolute Gasteiger partial charge is 0.380 e. The lowest BCUT2D eigenvalue weighted by atomic mass is 9.92. The average Bonchev–Trinajstić information content (AvgIpc) is 3.17. The van der Waals surface area contributed by atoms with Gasteiger partial charge in [-0.25, -0.2) is 0 Å². The van der Waals surface area contributed by atoms with Crippen LogP contribution in [0.1, 0.15) is 66.2 Å². The summed E-state index contributed by atoms with van der Waals surface area (Å²) in [5, 5.41) is 8.84. The van der Waals surface area contributed by atoms with Gasteiger partial charge in [-0.15, -0.1) is 0 Å². The van der Waals surface area contributed by atoms with E-state index in [4.69, 9.17) is 4.98 Å². The zero-order chi connectivity index (χ0) is 22.6. The van der Waals surface area contributed by atoms with Crippen molar-refractivity contribution >= 4 is 22.4 Å². The Kier molecular flexibility index (Phi) is 6.73. The SMILES string of the molecule is CCCCC(CNCC1Cc2ccccc2C1=O)Nc1c2c(nc3ccccc13)CCCC2. The van der Waals surface area contributed by atoms with Gasteiger partial charge in [-0.1, -0.05) is 62.2 Å². The van der Waals surface area contributed by atoms with Gasteiger partial charge in [0.1, 0.15) is 0 Å². The van der Waals surface area contributed by atoms with E-state index in [1.54, 1.807) is 0 Å². The predicted molar refractivity (Wildman–Crippen MR) is 136 cm³/mol. The molecule has 4 nitrogen and oxygen atoms in total. The number of unbranched alkanes of at least 4 members (excludes halogenated alkanes) is 1. The van der Waals surface area contributed by atoms with Crippen molar-refractivity contribution in [1.82, 2.24) is 10.3 Å². The number of hydrogen-bond donors (Lipinski definition) is 2. The van der Waals surface area contributed by atoms with E-state index in [9.17, 15) is 4.79 Å². The molecule has 1 aromatic heterocycles. The van der Waals surface area contributed by atoms with Crippen LogP contribution in [0.3, 0.4) is 0 Å². The zero-order valence-electron chi connectivity index (χ0n) is 19.7. The lowest BCUT2D eigenvalue weighted by Gasteiger charge is -2.27. The number of rotatable bonds is 9. The van der Waals surface area contributed by atoms with Crippen molar-refractivity contribution in [3.63, 3.8) is 0 Å². The van der Waals surface area contributed by atoms with Crippen LogP contribution in [0.5, 0.6) is 0 Å². The molecule has 2 aliphatic rings. The van der Waals surface area contributed by atoms with Crippen LogP contribution in [0.2, 0.25) is 0 Å². The van der Waals surface area contributed by atoms with E-state index in [2.05, 4.69) is 47.9 Å². The first-order valence-corrected chi connectivity index (χ1v) is 12.7. The number of benzene rings is 2. The zero-order valence-corrected chi connectivity index (χ0v) is 19.7. The quantitative estimate of drug-likeness (QED) is 0.445. The van der Waals surface area contributed by atoms with Crippen LogP contribution in [-0.2, 0) is 19.3 Å². The Morgan fingerprint density at radius 2 is 1.88 bits per heavy atom. The van der Waals surface area contributed by atoms with Crippen LogP contribution in [0.15, 0.2) is 48.5 Å². The van der Waals surface area contributed by atoms with Crippen LogP contribution in [0, 0.1) is 5.92 Å². The molecule has 3 aromatic rings. The van der Waals surface area contributed by atoms with E-state index in [1.807, 2.05) is 18.2 Å². The first-order valence-electron chi connectivity index (χ1n) is 12.7. The molecule has 1 heterocycles. The minimum Gasteiger partial charge on any atom is -0.380 e. The summed E-state index contributed by atoms with van der Waals surface area (Å²) in [6.07, 6.45) is 9.02. The van der Waals surface area contributed by atoms with E-state index in [0.717, 1.165) is 49.9 Å². The van der Waals surface area contributed by atoms with Crippen molar-refractivity contribution in [3.05, 3.63) is 70.9 Å². The summed E-state index contributed by atoms with van der Waals surface area (Å²) in [4.78, 5) is 17.8. The molecule has 0 saturated carbocycles. The molecule has 33 heavy (non-hydrogen) atoms. The van der Waals surface area contributed by atoms with E-state index in [-0.39, 0.29) is 5.92 Å². The van der Waals surface area contributed by atoms with Gasteiger partial charge in [-0.3, -0.25) is 9.78 Å². The highest BCUT2D eigenvalue weighted by atomic mass is 16.1. The fourth-order valence-electron chi connectivity index (χ4n) is 5.53. The fourth-order valence-corrected chi connectivity index (χ4v) is 5.53. The minimum absolute atomic E-state index is 0.0590. The number of aromatic nitrogens is 1. The maximum Gasteiger partial charge on any atom is 0.167 e. The molecular weight excluding hydrogens is 406 g/mol. The van der Waals surface area contributed by atoms with Gasteiger partial charge in [-0.2, -0.15) is 0 Å². The van der Waals surface area contributed by atoms with Crippen molar-refractivity contribution in [3.8, 4) is 0 Å². The molecule has 0 saturated heterocycles. The van der Waals surface area contributed by atoms with Gasteiger partial charge >= 0.3 is 0 Å². The Hall–Kier alpha value is -2.72. The molecule has 4 heteroatoms. The van der Waals surface area contributed by atoms with E-state index in [0.29, 0.717) is 11.8 Å². The maximum atomic E-state index is 12.8. The molecule has 5 rings (SSSR count). The van der Waals surface area contributed by atoms with Crippen LogP contribution in [-0.4, -0.2) is 29.9 Å². The molecule has 172 valence electrons. The third kappa shape index (κ3) is 4.67. The average molecular weight is 442 g/mol. The number of Topliss-reactive ketones (excluding diaryl/α,β-unsaturated/α-hetero) is 1. The van der Waals surface area contributed by atoms with Gasteiger partial charge < -0.3 is 10.6 Å². The molecule has 0 radical (unpaired) electrons. The Labute approximate surface area is 197 Å². The number of para-hydroxylation sites is 1. The molecule has 2 N–H and O–H groups in total. The lowest BCUT2D eigenvalue weighted by molar-refractivity contribution is 0.0935. The fraction of sp³-hybridized carbons (Fsp3) is 0.448. The molecule has 2 unspecified atom stereocenters. The number of carbonyl (C=O) groups is 1. The molecule has 0 spiro atoms. The second kappa shape index (κ2) is 10.0. The summed E-state index contributed by atoms with van der Waals surface area (Å²) in [5.41, 5.74) is 7.20. The number of ketones is 1. The number of nitrogens with one attached hydrogen (secondary N) is 2. The molecule has 2 aromatic carbocycles. The van der Waals surface area contributed by atoms with Gasteiger partial charge in [0.2, 0.25) is 0 Å². The number of pyridine rings is 1. The first kappa shape index (κ1) is 22.1. The van der Waals surface area contributed by atoms with Crippen LogP contribution < -0.4 is 10.6 Å². The number of hydrogen-bond acceptors (Lipinski definition) is 4. The van der Waals surface area contributed by atoms with Gasteiger partial charge in [0.15, 0.2) is 5.78 Å². The molecule has 0 amide bonds. The van der Waals surface area contributed by atoms with Crippen molar-refractivity contribution < 1.29 is 4.79 Å². The van der Waals surface area contributed by atoms with Crippen molar-refractivity contribution in [2.75, 3.05) is 18.4 Å². The smallest absolute Gasteiger partial charge is 0.167 e. The van der Waals surface area contributed by atoms with Crippen LogP contribution >= 0.6 is 0 Å². The molecular formula is C29H35N3O. The third-order valence-corrected chi connectivity index (χ3v) is 7.33. The van der Waals surface area contributed by atoms with Crippen molar-refractivity contribution in [2.24, 2.45) is 5.92 Å². The van der Waals surface area contributed by atoms with Crippen LogP contribution in [0.25, 0.3) is 10.9 Å². The van der Waals surface area contributed by atoms with Gasteiger partial charge in [-0.05, 0) is 55.7 Å². The summed E-state index contributed by atoms with van der Waals surface area (Å²) in [6.45, 7) is 3.86. The highest BCUT2D eigenvalue weighted by Gasteiger charge is 2.29. The number of aryl methyl sites for hydroxylation is 1. The lowest BCUT2D eigenvalue weighted by Crippen LogP contribution is -2.37. The molecule has 0 bridgehead atoms. The number of fused-ring (bicyclic) bond motifs is 3. The highest BCUT2D eigenvalue weighted by Crippen LogP contribution is 2.34. The second-order valence-corrected chi connectivity index (χ2v) is 9.70. The van der Waals surface area contributed by atoms with Crippen LogP contribution in [0.4, 0.5) is 5.69 Å². The molecule has 0 fully saturated rings. The normalized spacial score (nSPS) is 18.2. The van der Waals surface area contributed by atoms with Crippen molar-refractivity contribution in [1.29, 1.82) is 0 Å². The Morgan fingerprint density at radius 3 is 2.76 bits per heavy atom. The summed E-state index contributed by atoms with van der Waals surface area (Å²) in [6, 6.07) is 17.0.